The number of hydrogen-bond acceptors (Lipinski definition) is 10. The molecule has 11 heteroatoms. The monoisotopic (exact) mass is 1060 g/mol. The number of ether oxygens (including phenoxy) is 3. The molecule has 0 radical (unpaired) electrons. The van der Waals surface area contributed by atoms with Gasteiger partial charge in [-0.2, -0.15) is 0 Å². The van der Waals surface area contributed by atoms with Gasteiger partial charge in [0.05, 0.1) is 32.0 Å². The van der Waals surface area contributed by atoms with Gasteiger partial charge in [-0.25, -0.2) is 0 Å². The number of carbonyl (C=O) groups is 2. The molecule has 7 unspecified atom stereocenters. The molecule has 1 aliphatic heterocycles. The number of aliphatic hydroxyl groups is 5. The molecule has 0 spiro atoms. The van der Waals surface area contributed by atoms with Gasteiger partial charge in [0.1, 0.15) is 24.4 Å². The summed E-state index contributed by atoms with van der Waals surface area (Å²) in [5.74, 6) is -0.264. The second-order valence-electron chi connectivity index (χ2n) is 21.0. The van der Waals surface area contributed by atoms with Crippen molar-refractivity contribution in [3.63, 3.8) is 0 Å². The van der Waals surface area contributed by atoms with Gasteiger partial charge in [-0.15, -0.1) is 0 Å². The number of carbonyl (C=O) groups excluding carboxylic acids is 2. The van der Waals surface area contributed by atoms with Gasteiger partial charge in [0.25, 0.3) is 0 Å². The lowest BCUT2D eigenvalue weighted by molar-refractivity contribution is -0.302. The van der Waals surface area contributed by atoms with Crippen LogP contribution in [0.25, 0.3) is 0 Å². The molecular weight excluding hydrogens is 943 g/mol. The fourth-order valence-electron chi connectivity index (χ4n) is 9.15. The molecule has 75 heavy (non-hydrogen) atoms. The van der Waals surface area contributed by atoms with Crippen molar-refractivity contribution in [3.05, 3.63) is 72.9 Å². The van der Waals surface area contributed by atoms with Crippen LogP contribution in [0.2, 0.25) is 0 Å². The van der Waals surface area contributed by atoms with Crippen molar-refractivity contribution in [1.29, 1.82) is 0 Å². The molecule has 0 aromatic rings. The van der Waals surface area contributed by atoms with Gasteiger partial charge in [-0.1, -0.05) is 228 Å². The highest BCUT2D eigenvalue weighted by atomic mass is 16.7. The van der Waals surface area contributed by atoms with E-state index in [1.807, 2.05) is 6.08 Å². The summed E-state index contributed by atoms with van der Waals surface area (Å²) in [6.07, 6.45) is 60.1. The number of rotatable bonds is 52. The first-order valence-electron chi connectivity index (χ1n) is 30.7. The first-order chi connectivity index (χ1) is 36.7. The average Bonchev–Trinajstić information content (AvgIpc) is 3.41. The lowest BCUT2D eigenvalue weighted by Crippen LogP contribution is -2.60. The quantitative estimate of drug-likeness (QED) is 0.0195. The SMILES string of the molecule is CCC/C=C\C/C=C\CCCCCCCC(=O)OCC/C=C\C/C=C\CCCCCCCCCCCCCCCCC(=O)NC(COC1OC(CO)C(O)C(O)C1O)C(O)/C=C/CC/C=C/CCCCCCCCC. The number of esters is 1. The zero-order chi connectivity index (χ0) is 54.5. The van der Waals surface area contributed by atoms with Crippen molar-refractivity contribution >= 4 is 11.9 Å². The zero-order valence-corrected chi connectivity index (χ0v) is 47.7. The van der Waals surface area contributed by atoms with E-state index < -0.39 is 49.5 Å². The van der Waals surface area contributed by atoms with Crippen LogP contribution in [0.4, 0.5) is 0 Å². The average molecular weight is 1060 g/mol. The number of allylic oxidation sites excluding steroid dienone is 10. The number of aliphatic hydroxyl groups excluding tert-OH is 5. The molecule has 434 valence electrons. The van der Waals surface area contributed by atoms with E-state index in [4.69, 9.17) is 14.2 Å². The smallest absolute Gasteiger partial charge is 0.305 e. The number of hydrogen-bond donors (Lipinski definition) is 6. The van der Waals surface area contributed by atoms with Crippen molar-refractivity contribution in [2.75, 3.05) is 19.8 Å². The van der Waals surface area contributed by atoms with E-state index in [1.54, 1.807) is 6.08 Å². The van der Waals surface area contributed by atoms with Gasteiger partial charge < -0.3 is 45.1 Å². The Kier molecular flexibility index (Phi) is 49.7. The standard InChI is InChI=1S/C64H113NO10/c1-3-5-7-9-11-13-15-26-30-34-38-42-46-50-57(67)56(55-74-64-63(72)62(71)61(70)58(54-66)75-64)65-59(68)51-47-43-39-35-31-28-24-22-20-18-17-19-21-23-25-29-33-37-41-45-49-53-73-60(69)52-48-44-40-36-32-27-16-14-12-10-8-6-4-2/h8,10,14,16,29-30,33-34,41,45-46,50,56-58,61-64,66-67,70-72H,3-7,9,11-13,15,17-28,31-32,35-40,42-44,47-49,51-55H2,1-2H3,(H,65,68)/b10-8-,16-14-,33-29-,34-30+,45-41-,50-46+. The predicted molar refractivity (Wildman–Crippen MR) is 310 cm³/mol. The van der Waals surface area contributed by atoms with Crippen LogP contribution in [0.5, 0.6) is 0 Å². The van der Waals surface area contributed by atoms with E-state index >= 15 is 0 Å². The molecule has 0 aromatic carbocycles. The molecule has 0 aromatic heterocycles. The molecular formula is C64H113NO10. The fourth-order valence-corrected chi connectivity index (χ4v) is 9.15. The summed E-state index contributed by atoms with van der Waals surface area (Å²) in [7, 11) is 0. The molecule has 1 amide bonds. The fraction of sp³-hybridized carbons (Fsp3) is 0.781. The molecule has 1 aliphatic rings. The number of unbranched alkanes of at least 4 members (excludes halogenated alkanes) is 28. The Morgan fingerprint density at radius 3 is 1.45 bits per heavy atom. The highest BCUT2D eigenvalue weighted by Gasteiger charge is 2.44. The van der Waals surface area contributed by atoms with Crippen LogP contribution in [0.15, 0.2) is 72.9 Å². The zero-order valence-electron chi connectivity index (χ0n) is 47.7. The largest absolute Gasteiger partial charge is 0.465 e. The van der Waals surface area contributed by atoms with Crippen LogP contribution in [0.3, 0.4) is 0 Å². The summed E-state index contributed by atoms with van der Waals surface area (Å²) >= 11 is 0. The van der Waals surface area contributed by atoms with E-state index in [0.29, 0.717) is 19.4 Å². The van der Waals surface area contributed by atoms with Crippen LogP contribution in [0, 0.1) is 0 Å². The van der Waals surface area contributed by atoms with Crippen molar-refractivity contribution in [2.45, 2.75) is 301 Å². The maximum Gasteiger partial charge on any atom is 0.305 e. The van der Waals surface area contributed by atoms with Crippen LogP contribution in [0.1, 0.15) is 258 Å². The third-order valence-corrected chi connectivity index (χ3v) is 14.0. The van der Waals surface area contributed by atoms with Gasteiger partial charge in [0.2, 0.25) is 5.91 Å². The summed E-state index contributed by atoms with van der Waals surface area (Å²) in [4.78, 5) is 25.0. The summed E-state index contributed by atoms with van der Waals surface area (Å²) in [5, 5.41) is 54.4. The Labute approximate surface area is 458 Å². The lowest BCUT2D eigenvalue weighted by atomic mass is 9.99. The van der Waals surface area contributed by atoms with Gasteiger partial charge in [0, 0.05) is 12.8 Å². The van der Waals surface area contributed by atoms with Crippen molar-refractivity contribution < 1.29 is 49.3 Å². The molecule has 6 N–H and O–H groups in total. The Morgan fingerprint density at radius 1 is 0.493 bits per heavy atom. The number of amides is 1. The minimum absolute atomic E-state index is 0.0652. The third-order valence-electron chi connectivity index (χ3n) is 14.0. The minimum atomic E-state index is -1.58. The van der Waals surface area contributed by atoms with Gasteiger partial charge in [0.15, 0.2) is 6.29 Å². The third kappa shape index (κ3) is 42.8. The highest BCUT2D eigenvalue weighted by Crippen LogP contribution is 2.23. The molecule has 7 atom stereocenters. The Bertz CT molecular complexity index is 1470. The van der Waals surface area contributed by atoms with Crippen LogP contribution < -0.4 is 5.32 Å². The summed E-state index contributed by atoms with van der Waals surface area (Å²) in [6, 6.07) is -0.833. The molecule has 1 rings (SSSR count). The molecule has 1 fully saturated rings. The molecule has 1 saturated heterocycles. The second kappa shape index (κ2) is 53.1. The summed E-state index contributed by atoms with van der Waals surface area (Å²) in [5.41, 5.74) is 0. The van der Waals surface area contributed by atoms with Crippen molar-refractivity contribution in [1.82, 2.24) is 5.32 Å². The van der Waals surface area contributed by atoms with Crippen LogP contribution >= 0.6 is 0 Å². The van der Waals surface area contributed by atoms with Gasteiger partial charge in [-0.3, -0.25) is 9.59 Å². The Balaban J connectivity index is 2.10. The summed E-state index contributed by atoms with van der Waals surface area (Å²) < 4.78 is 16.6. The van der Waals surface area contributed by atoms with Crippen molar-refractivity contribution in [2.24, 2.45) is 0 Å². The molecule has 0 aliphatic carbocycles. The Morgan fingerprint density at radius 2 is 0.933 bits per heavy atom. The van der Waals surface area contributed by atoms with E-state index in [9.17, 15) is 35.1 Å². The second-order valence-corrected chi connectivity index (χ2v) is 21.0. The van der Waals surface area contributed by atoms with Crippen LogP contribution in [-0.4, -0.2) is 100 Å². The topological polar surface area (TPSA) is 175 Å². The first-order valence-corrected chi connectivity index (χ1v) is 30.7. The van der Waals surface area contributed by atoms with E-state index in [0.717, 1.165) is 89.9 Å². The first kappa shape index (κ1) is 70.1. The van der Waals surface area contributed by atoms with E-state index in [2.05, 4.69) is 79.9 Å². The maximum absolute atomic E-state index is 13.0. The molecule has 0 bridgehead atoms. The van der Waals surface area contributed by atoms with E-state index in [-0.39, 0.29) is 18.5 Å². The van der Waals surface area contributed by atoms with Crippen molar-refractivity contribution in [3.8, 4) is 0 Å². The Hall–Kier alpha value is -2.90. The van der Waals surface area contributed by atoms with Crippen LogP contribution in [-0.2, 0) is 23.8 Å². The molecule has 11 nitrogen and oxygen atoms in total. The normalized spacial score (nSPS) is 19.3. The summed E-state index contributed by atoms with van der Waals surface area (Å²) in [6.45, 7) is 4.13. The highest BCUT2D eigenvalue weighted by molar-refractivity contribution is 5.76. The van der Waals surface area contributed by atoms with E-state index in [1.165, 1.54) is 141 Å². The number of nitrogens with one attached hydrogen (secondary N) is 1. The van der Waals surface area contributed by atoms with Gasteiger partial charge >= 0.3 is 5.97 Å². The predicted octanol–water partition coefficient (Wildman–Crippen LogP) is 14.4. The van der Waals surface area contributed by atoms with Gasteiger partial charge in [-0.05, 0) is 89.9 Å². The molecule has 1 heterocycles. The lowest BCUT2D eigenvalue weighted by Gasteiger charge is -2.40. The molecule has 0 saturated carbocycles. The minimum Gasteiger partial charge on any atom is -0.465 e. The maximum atomic E-state index is 13.0.